The number of rotatable bonds is 12. The molecule has 0 atom stereocenters. The number of nitrogens with one attached hydrogen (secondary N) is 1. The third-order valence-electron chi connectivity index (χ3n) is 7.31. The molecule has 0 aliphatic carbocycles. The van der Waals surface area contributed by atoms with E-state index >= 15 is 0 Å². The number of fused-ring (bicyclic) bond motifs is 1. The first-order valence-corrected chi connectivity index (χ1v) is 14.9. The number of benzene rings is 1. The van der Waals surface area contributed by atoms with Crippen LogP contribution in [0.15, 0.2) is 33.0 Å². The molecule has 0 radical (unpaired) electrons. The van der Waals surface area contributed by atoms with Crippen LogP contribution in [0.1, 0.15) is 50.8 Å². The second-order valence-corrected chi connectivity index (χ2v) is 11.8. The summed E-state index contributed by atoms with van der Waals surface area (Å²) in [6.45, 7) is 4.62. The molecule has 0 amide bonds. The first kappa shape index (κ1) is 30.0. The van der Waals surface area contributed by atoms with Crippen molar-refractivity contribution >= 4 is 27.3 Å². The summed E-state index contributed by atoms with van der Waals surface area (Å²) in [4.78, 5) is 35.6. The average molecular weight is 591 g/mol. The highest BCUT2D eigenvalue weighted by Crippen LogP contribution is 2.34. The van der Waals surface area contributed by atoms with E-state index in [9.17, 15) is 28.5 Å². The van der Waals surface area contributed by atoms with Crippen LogP contribution < -0.4 is 10.3 Å². The van der Waals surface area contributed by atoms with Gasteiger partial charge in [0, 0.05) is 25.7 Å². The van der Waals surface area contributed by atoms with E-state index in [1.807, 2.05) is 6.92 Å². The minimum atomic E-state index is -3.89. The van der Waals surface area contributed by atoms with Crippen LogP contribution in [0.5, 0.6) is 5.75 Å². The van der Waals surface area contributed by atoms with Crippen LogP contribution in [0.2, 0.25) is 0 Å². The third-order valence-corrected chi connectivity index (χ3v) is 9.20. The molecule has 1 saturated heterocycles. The fourth-order valence-electron chi connectivity index (χ4n) is 5.29. The lowest BCUT2D eigenvalue weighted by atomic mass is 9.95. The maximum atomic E-state index is 13.6. The van der Waals surface area contributed by atoms with Crippen molar-refractivity contribution < 1.29 is 28.3 Å². The van der Waals surface area contributed by atoms with Gasteiger partial charge in [-0.1, -0.05) is 18.5 Å². The monoisotopic (exact) mass is 590 g/mol. The molecular weight excluding hydrogens is 556 g/mol. The molecule has 2 aromatic heterocycles. The zero-order chi connectivity index (χ0) is 29.7. The van der Waals surface area contributed by atoms with Crippen LogP contribution in [0.25, 0.3) is 22.4 Å². The van der Waals surface area contributed by atoms with Crippen molar-refractivity contribution in [3.63, 3.8) is 0 Å². The number of hydrogen-bond donors (Lipinski definition) is 2. The summed E-state index contributed by atoms with van der Waals surface area (Å²) in [6.07, 6.45) is 4.20. The molecule has 15 heteroatoms. The molecule has 14 nitrogen and oxygen atoms in total. The molecule has 1 aliphatic rings. The van der Waals surface area contributed by atoms with Crippen LogP contribution >= 0.6 is 0 Å². The Kier molecular flexibility index (Phi) is 9.28. The largest absolute Gasteiger partial charge is 0.493 e. The van der Waals surface area contributed by atoms with Gasteiger partial charge in [0.2, 0.25) is 10.0 Å². The molecule has 2 N–H and O–H groups in total. The first-order chi connectivity index (χ1) is 19.6. The van der Waals surface area contributed by atoms with Crippen LogP contribution in [0.3, 0.4) is 0 Å². The Morgan fingerprint density at radius 1 is 1.29 bits per heavy atom. The number of aryl methyl sites for hydroxylation is 2. The van der Waals surface area contributed by atoms with Crippen LogP contribution in [-0.2, 0) is 28.3 Å². The zero-order valence-corrected chi connectivity index (χ0v) is 24.0. The fraction of sp³-hybridized carbons (Fsp3) is 0.500. The van der Waals surface area contributed by atoms with Gasteiger partial charge in [-0.2, -0.15) is 4.31 Å². The number of sulfonamides is 1. The van der Waals surface area contributed by atoms with Crippen LogP contribution in [0.4, 0.5) is 0 Å². The van der Waals surface area contributed by atoms with Gasteiger partial charge in [-0.25, -0.2) is 13.4 Å². The number of hydrogen-bond acceptors (Lipinski definition) is 10. The van der Waals surface area contributed by atoms with E-state index in [1.165, 1.54) is 22.7 Å². The van der Waals surface area contributed by atoms with Gasteiger partial charge in [-0.15, -0.1) is 10.1 Å². The van der Waals surface area contributed by atoms with Gasteiger partial charge in [-0.05, 0) is 56.7 Å². The lowest BCUT2D eigenvalue weighted by Gasteiger charge is -2.31. The SMILES string of the molecule is CCCc1c(C=NO)n(C)c2c(=O)[nH]c(-c3cc(S(=O)(=O)N4CCC(CCO[N+](=O)[O-])CC4)ccc3OCC)nc12. The Morgan fingerprint density at radius 3 is 2.66 bits per heavy atom. The number of H-pyrrole nitrogens is 1. The van der Waals surface area contributed by atoms with E-state index in [2.05, 4.69) is 15.0 Å². The maximum absolute atomic E-state index is 13.6. The highest BCUT2D eigenvalue weighted by atomic mass is 32.2. The lowest BCUT2D eigenvalue weighted by Crippen LogP contribution is -2.38. The predicted molar refractivity (Wildman–Crippen MR) is 150 cm³/mol. The Bertz CT molecular complexity index is 1610. The van der Waals surface area contributed by atoms with Gasteiger partial charge in [0.15, 0.2) is 0 Å². The second-order valence-electron chi connectivity index (χ2n) is 9.81. The third kappa shape index (κ3) is 6.20. The molecule has 3 aromatic rings. The average Bonchev–Trinajstić information content (AvgIpc) is 3.20. The Labute approximate surface area is 236 Å². The number of aromatic amines is 1. The van der Waals surface area contributed by atoms with Crippen LogP contribution in [0, 0.1) is 16.0 Å². The smallest absolute Gasteiger partial charge is 0.294 e. The van der Waals surface area contributed by atoms with E-state index in [4.69, 9.17) is 9.72 Å². The van der Waals surface area contributed by atoms with Gasteiger partial charge in [0.1, 0.15) is 22.6 Å². The Morgan fingerprint density at radius 2 is 2.02 bits per heavy atom. The van der Waals surface area contributed by atoms with Gasteiger partial charge in [0.05, 0.1) is 35.6 Å². The minimum Gasteiger partial charge on any atom is -0.493 e. The van der Waals surface area contributed by atoms with Gasteiger partial charge >= 0.3 is 0 Å². The highest BCUT2D eigenvalue weighted by Gasteiger charge is 2.30. The van der Waals surface area contributed by atoms with Gasteiger partial charge < -0.3 is 24.3 Å². The summed E-state index contributed by atoms with van der Waals surface area (Å²) >= 11 is 0. The molecule has 3 heterocycles. The second kappa shape index (κ2) is 12.7. The maximum Gasteiger partial charge on any atom is 0.294 e. The Balaban J connectivity index is 1.72. The molecule has 4 rings (SSSR count). The van der Waals surface area contributed by atoms with E-state index in [-0.39, 0.29) is 36.3 Å². The summed E-state index contributed by atoms with van der Waals surface area (Å²) in [5.74, 6) is 0.647. The molecule has 0 bridgehead atoms. The van der Waals surface area contributed by atoms with Crippen LogP contribution in [-0.4, -0.2) is 70.1 Å². The summed E-state index contributed by atoms with van der Waals surface area (Å²) in [5, 5.41) is 21.9. The molecule has 0 spiro atoms. The van der Waals surface area contributed by atoms with E-state index < -0.39 is 20.7 Å². The predicted octanol–water partition coefficient (Wildman–Crippen LogP) is 3.09. The molecule has 1 aromatic carbocycles. The summed E-state index contributed by atoms with van der Waals surface area (Å²) in [7, 11) is -2.20. The number of nitrogens with zero attached hydrogens (tertiary/aromatic N) is 5. The highest BCUT2D eigenvalue weighted by molar-refractivity contribution is 7.89. The van der Waals surface area contributed by atoms with Crippen molar-refractivity contribution in [1.82, 2.24) is 18.8 Å². The lowest BCUT2D eigenvalue weighted by molar-refractivity contribution is -0.758. The molecule has 0 unspecified atom stereocenters. The van der Waals surface area contributed by atoms with E-state index in [0.29, 0.717) is 60.3 Å². The minimum absolute atomic E-state index is 0.0160. The number of piperidine rings is 1. The molecule has 0 saturated carbocycles. The van der Waals surface area contributed by atoms with E-state index in [1.54, 1.807) is 24.6 Å². The zero-order valence-electron chi connectivity index (χ0n) is 23.2. The van der Waals surface area contributed by atoms with Crippen molar-refractivity contribution in [2.24, 2.45) is 18.1 Å². The normalized spacial score (nSPS) is 15.1. The molecule has 1 aliphatic heterocycles. The first-order valence-electron chi connectivity index (χ1n) is 13.5. The quantitative estimate of drug-likeness (QED) is 0.139. The fourth-order valence-corrected chi connectivity index (χ4v) is 6.79. The topological polar surface area (TPSA) is 182 Å². The van der Waals surface area contributed by atoms with Gasteiger partial charge in [-0.3, -0.25) is 4.79 Å². The summed E-state index contributed by atoms with van der Waals surface area (Å²) in [6, 6.07) is 4.48. The van der Waals surface area contributed by atoms with Crippen molar-refractivity contribution in [3.05, 3.63) is 49.9 Å². The van der Waals surface area contributed by atoms with Crippen molar-refractivity contribution in [2.45, 2.75) is 50.8 Å². The number of ether oxygens (including phenoxy) is 1. The summed E-state index contributed by atoms with van der Waals surface area (Å²) < 4.78 is 36.0. The molecular formula is C26H34N6O8S. The standard InChI is InChI=1S/C26H34N6O8S/c1-4-6-19-21(16-27-34)30(3)24-23(19)28-25(29-26(24)33)20-15-18(7-8-22(20)39-5-2)41(37,38)31-12-9-17(10-13-31)11-14-40-32(35)36/h7-8,15-17,34H,4-6,9-14H2,1-3H3,(H,28,29,33). The molecule has 222 valence electrons. The number of oxime groups is 1. The molecule has 41 heavy (non-hydrogen) atoms. The number of aromatic nitrogens is 3. The molecule has 1 fully saturated rings. The van der Waals surface area contributed by atoms with Crippen molar-refractivity contribution in [2.75, 3.05) is 26.3 Å². The van der Waals surface area contributed by atoms with E-state index in [0.717, 1.165) is 12.0 Å². The summed E-state index contributed by atoms with van der Waals surface area (Å²) in [5.41, 5.74) is 1.92. The van der Waals surface area contributed by atoms with Gasteiger partial charge in [0.25, 0.3) is 10.6 Å². The van der Waals surface area contributed by atoms with Crippen molar-refractivity contribution in [1.29, 1.82) is 0 Å². The Hall–Kier alpha value is -3.98. The van der Waals surface area contributed by atoms with Crippen molar-refractivity contribution in [3.8, 4) is 17.1 Å².